The molecule has 5 nitrogen and oxygen atoms in total. The quantitative estimate of drug-likeness (QED) is 0.813. The van der Waals surface area contributed by atoms with Crippen molar-refractivity contribution in [2.75, 3.05) is 19.6 Å². The Morgan fingerprint density at radius 1 is 1.52 bits per heavy atom. The lowest BCUT2D eigenvalue weighted by Crippen LogP contribution is -2.47. The van der Waals surface area contributed by atoms with Crippen LogP contribution in [0.1, 0.15) is 38.7 Å². The highest BCUT2D eigenvalue weighted by molar-refractivity contribution is 5.81. The summed E-state index contributed by atoms with van der Waals surface area (Å²) < 4.78 is 1.82. The molecule has 1 aromatic heterocycles. The smallest absolute Gasteiger partial charge is 0.237 e. The molecule has 0 aliphatic carbocycles. The number of rotatable bonds is 6. The van der Waals surface area contributed by atoms with Gasteiger partial charge in [-0.15, -0.1) is 0 Å². The van der Waals surface area contributed by atoms with Crippen LogP contribution in [0, 0.1) is 0 Å². The first kappa shape index (κ1) is 15.8. The minimum absolute atomic E-state index is 0.0813. The summed E-state index contributed by atoms with van der Waals surface area (Å²) in [5.74, 6) is 0.135. The van der Waals surface area contributed by atoms with Gasteiger partial charge in [0.2, 0.25) is 5.91 Å². The maximum Gasteiger partial charge on any atom is 0.237 e. The first-order chi connectivity index (χ1) is 10.1. The predicted molar refractivity (Wildman–Crippen MR) is 84.8 cm³/mol. The van der Waals surface area contributed by atoms with Gasteiger partial charge in [0.25, 0.3) is 0 Å². The Morgan fingerprint density at radius 3 is 3.00 bits per heavy atom. The summed E-state index contributed by atoms with van der Waals surface area (Å²) in [5, 5.41) is 7.25. The molecule has 0 saturated heterocycles. The average molecular weight is 290 g/mol. The lowest BCUT2D eigenvalue weighted by Gasteiger charge is -2.31. The fourth-order valence-electron chi connectivity index (χ4n) is 2.60. The number of aromatic nitrogens is 2. The maximum absolute atomic E-state index is 12.2. The highest BCUT2D eigenvalue weighted by Crippen LogP contribution is 2.21. The lowest BCUT2D eigenvalue weighted by molar-refractivity contribution is -0.125. The second kappa shape index (κ2) is 7.41. The summed E-state index contributed by atoms with van der Waals surface area (Å²) in [5.41, 5.74) is 2.42. The molecule has 1 aromatic rings. The second-order valence-corrected chi connectivity index (χ2v) is 5.71. The Labute approximate surface area is 127 Å². The van der Waals surface area contributed by atoms with Crippen LogP contribution in [0.15, 0.2) is 18.5 Å². The van der Waals surface area contributed by atoms with E-state index in [4.69, 9.17) is 0 Å². The summed E-state index contributed by atoms with van der Waals surface area (Å²) in [7, 11) is 1.93. The van der Waals surface area contributed by atoms with Crippen LogP contribution in [0.5, 0.6) is 0 Å². The van der Waals surface area contributed by atoms with Crippen molar-refractivity contribution in [2.45, 2.75) is 39.2 Å². The Balaban J connectivity index is 1.93. The van der Waals surface area contributed by atoms with Crippen molar-refractivity contribution in [3.8, 4) is 0 Å². The van der Waals surface area contributed by atoms with Gasteiger partial charge < -0.3 is 5.32 Å². The molecule has 1 aliphatic rings. The summed E-state index contributed by atoms with van der Waals surface area (Å²) in [4.78, 5) is 14.4. The summed E-state index contributed by atoms with van der Waals surface area (Å²) >= 11 is 0. The molecule has 2 heterocycles. The average Bonchev–Trinajstić information content (AvgIpc) is 2.93. The molecular weight excluding hydrogens is 264 g/mol. The van der Waals surface area contributed by atoms with Crippen LogP contribution in [-0.4, -0.2) is 46.3 Å². The van der Waals surface area contributed by atoms with Gasteiger partial charge in [0.1, 0.15) is 0 Å². The molecule has 0 fully saturated rings. The maximum atomic E-state index is 12.2. The van der Waals surface area contributed by atoms with Gasteiger partial charge in [-0.1, -0.05) is 19.4 Å². The SMILES string of the molecule is CCCCNC(=O)C(C)N1CCC=C(c2cnn(C)c2)C1. The molecule has 0 spiro atoms. The topological polar surface area (TPSA) is 50.2 Å². The molecule has 2 rings (SSSR count). The number of nitrogens with zero attached hydrogens (tertiary/aromatic N) is 3. The van der Waals surface area contributed by atoms with Crippen LogP contribution in [0.2, 0.25) is 0 Å². The molecule has 1 atom stereocenters. The molecule has 0 saturated carbocycles. The number of hydrogen-bond acceptors (Lipinski definition) is 3. The van der Waals surface area contributed by atoms with Crippen LogP contribution in [0.3, 0.4) is 0 Å². The first-order valence-corrected chi connectivity index (χ1v) is 7.81. The second-order valence-electron chi connectivity index (χ2n) is 5.71. The Hall–Kier alpha value is -1.62. The van der Waals surface area contributed by atoms with Crippen molar-refractivity contribution in [3.63, 3.8) is 0 Å². The monoisotopic (exact) mass is 290 g/mol. The van der Waals surface area contributed by atoms with E-state index in [0.717, 1.165) is 44.5 Å². The van der Waals surface area contributed by atoms with Crippen LogP contribution in [0.4, 0.5) is 0 Å². The van der Waals surface area contributed by atoms with E-state index in [9.17, 15) is 4.79 Å². The van der Waals surface area contributed by atoms with Crippen molar-refractivity contribution in [3.05, 3.63) is 24.0 Å². The van der Waals surface area contributed by atoms with Gasteiger partial charge in [0.15, 0.2) is 0 Å². The zero-order chi connectivity index (χ0) is 15.2. The van der Waals surface area contributed by atoms with E-state index in [2.05, 4.69) is 28.3 Å². The fourth-order valence-corrected chi connectivity index (χ4v) is 2.60. The first-order valence-electron chi connectivity index (χ1n) is 7.81. The Morgan fingerprint density at radius 2 is 2.33 bits per heavy atom. The number of carbonyl (C=O) groups is 1. The van der Waals surface area contributed by atoms with Crippen molar-refractivity contribution in [2.24, 2.45) is 7.05 Å². The summed E-state index contributed by atoms with van der Waals surface area (Å²) in [6, 6.07) is -0.0813. The normalized spacial score (nSPS) is 17.4. The van der Waals surface area contributed by atoms with Crippen molar-refractivity contribution in [1.82, 2.24) is 20.0 Å². The van der Waals surface area contributed by atoms with Gasteiger partial charge in [-0.2, -0.15) is 5.10 Å². The fraction of sp³-hybridized carbons (Fsp3) is 0.625. The highest BCUT2D eigenvalue weighted by Gasteiger charge is 2.24. The molecule has 1 unspecified atom stereocenters. The number of unbranched alkanes of at least 4 members (excludes halogenated alkanes) is 1. The number of amides is 1. The van der Waals surface area contributed by atoms with E-state index in [-0.39, 0.29) is 11.9 Å². The highest BCUT2D eigenvalue weighted by atomic mass is 16.2. The minimum Gasteiger partial charge on any atom is -0.355 e. The Bertz CT molecular complexity index is 506. The molecule has 21 heavy (non-hydrogen) atoms. The van der Waals surface area contributed by atoms with Crippen molar-refractivity contribution < 1.29 is 4.79 Å². The number of nitrogens with one attached hydrogen (secondary N) is 1. The molecule has 0 radical (unpaired) electrons. The van der Waals surface area contributed by atoms with E-state index in [0.29, 0.717) is 0 Å². The largest absolute Gasteiger partial charge is 0.355 e. The third-order valence-corrected chi connectivity index (χ3v) is 4.01. The molecule has 0 aromatic carbocycles. The summed E-state index contributed by atoms with van der Waals surface area (Å²) in [6.07, 6.45) is 9.31. The minimum atomic E-state index is -0.0813. The van der Waals surface area contributed by atoms with Crippen LogP contribution in [-0.2, 0) is 11.8 Å². The van der Waals surface area contributed by atoms with E-state index in [1.165, 1.54) is 5.57 Å². The number of aryl methyl sites for hydroxylation is 1. The number of carbonyl (C=O) groups excluding carboxylic acids is 1. The molecular formula is C16H26N4O. The van der Waals surface area contributed by atoms with Gasteiger partial charge in [-0.3, -0.25) is 14.4 Å². The van der Waals surface area contributed by atoms with Gasteiger partial charge in [0.05, 0.1) is 12.2 Å². The van der Waals surface area contributed by atoms with Crippen LogP contribution in [0.25, 0.3) is 5.57 Å². The van der Waals surface area contributed by atoms with Gasteiger partial charge in [0, 0.05) is 38.4 Å². The molecule has 5 heteroatoms. The van der Waals surface area contributed by atoms with Crippen LogP contribution >= 0.6 is 0 Å². The van der Waals surface area contributed by atoms with E-state index >= 15 is 0 Å². The van der Waals surface area contributed by atoms with Crippen molar-refractivity contribution in [1.29, 1.82) is 0 Å². The Kier molecular flexibility index (Phi) is 5.56. The predicted octanol–water partition coefficient (Wildman–Crippen LogP) is 1.81. The van der Waals surface area contributed by atoms with Crippen molar-refractivity contribution >= 4 is 11.5 Å². The molecule has 116 valence electrons. The molecule has 1 amide bonds. The van der Waals surface area contributed by atoms with E-state index < -0.39 is 0 Å². The van der Waals surface area contributed by atoms with Crippen LogP contribution < -0.4 is 5.32 Å². The van der Waals surface area contributed by atoms with E-state index in [1.807, 2.05) is 31.0 Å². The van der Waals surface area contributed by atoms with Gasteiger partial charge >= 0.3 is 0 Å². The lowest BCUT2D eigenvalue weighted by atomic mass is 10.0. The standard InChI is InChI=1S/C16H26N4O/c1-4-5-8-17-16(21)13(2)20-9-6-7-14(12-20)15-10-18-19(3)11-15/h7,10-11,13H,4-6,8-9,12H2,1-3H3,(H,17,21). The van der Waals surface area contributed by atoms with Gasteiger partial charge in [-0.25, -0.2) is 0 Å². The van der Waals surface area contributed by atoms with E-state index in [1.54, 1.807) is 0 Å². The van der Waals surface area contributed by atoms with Gasteiger partial charge in [-0.05, 0) is 25.3 Å². The zero-order valence-corrected chi connectivity index (χ0v) is 13.3. The molecule has 1 aliphatic heterocycles. The molecule has 1 N–H and O–H groups in total. The third-order valence-electron chi connectivity index (χ3n) is 4.01. The molecule has 0 bridgehead atoms. The zero-order valence-electron chi connectivity index (χ0n) is 13.3. The number of hydrogen-bond donors (Lipinski definition) is 1. The third kappa shape index (κ3) is 4.17. The summed E-state index contributed by atoms with van der Waals surface area (Å²) in [6.45, 7) is 6.65.